The van der Waals surface area contributed by atoms with Gasteiger partial charge in [0.2, 0.25) is 0 Å². The molecule has 0 aliphatic heterocycles. The first kappa shape index (κ1) is 12.5. The largest absolute Gasteiger partial charge is 0.481 e. The summed E-state index contributed by atoms with van der Waals surface area (Å²) in [6.07, 6.45) is -1.19. The van der Waals surface area contributed by atoms with E-state index in [-0.39, 0.29) is 5.56 Å². The van der Waals surface area contributed by atoms with Crippen molar-refractivity contribution in [3.63, 3.8) is 0 Å². The second kappa shape index (κ2) is 4.37. The molecule has 0 amide bonds. The number of hydrogen-bond donors (Lipinski definition) is 1. The van der Waals surface area contributed by atoms with E-state index < -0.39 is 18.3 Å². The molecule has 0 saturated carbocycles. The van der Waals surface area contributed by atoms with Crippen LogP contribution < -0.4 is 0 Å². The number of hydrogen-bond acceptors (Lipinski definition) is 1. The molecule has 0 radical (unpaired) electrons. The summed E-state index contributed by atoms with van der Waals surface area (Å²) >= 11 is 0. The van der Waals surface area contributed by atoms with Crippen LogP contribution in [0.25, 0.3) is 10.8 Å². The molecule has 0 saturated heterocycles. The van der Waals surface area contributed by atoms with Crippen LogP contribution in [0.1, 0.15) is 17.5 Å². The summed E-state index contributed by atoms with van der Waals surface area (Å²) in [5.41, 5.74) is 0.659. The molecule has 0 atom stereocenters. The highest BCUT2D eigenvalue weighted by molar-refractivity contribution is 5.89. The highest BCUT2D eigenvalue weighted by Crippen LogP contribution is 2.37. The van der Waals surface area contributed by atoms with Gasteiger partial charge in [0.1, 0.15) is 6.42 Å². The average Bonchev–Trinajstić information content (AvgIpc) is 2.27. The van der Waals surface area contributed by atoms with E-state index in [0.29, 0.717) is 5.39 Å². The number of carbonyl (C=O) groups is 1. The molecule has 0 fully saturated rings. The van der Waals surface area contributed by atoms with Gasteiger partial charge in [-0.05, 0) is 23.3 Å². The lowest BCUT2D eigenvalue weighted by atomic mass is 9.95. The maximum atomic E-state index is 13.9. The Hall–Kier alpha value is -1.97. The predicted octanol–water partition coefficient (Wildman–Crippen LogP) is 3.71. The zero-order valence-electron chi connectivity index (χ0n) is 9.78. The molecule has 2 rings (SSSR count). The quantitative estimate of drug-likeness (QED) is 0.901. The minimum absolute atomic E-state index is 0.230. The van der Waals surface area contributed by atoms with Gasteiger partial charge in [0, 0.05) is 5.56 Å². The monoisotopic (exact) mass is 250 g/mol. The lowest BCUT2D eigenvalue weighted by molar-refractivity contribution is -0.145. The third-order valence-corrected chi connectivity index (χ3v) is 2.91. The van der Waals surface area contributed by atoms with Crippen molar-refractivity contribution in [3.05, 3.63) is 47.5 Å². The third-order valence-electron chi connectivity index (χ3n) is 2.91. The van der Waals surface area contributed by atoms with Crippen LogP contribution in [0.4, 0.5) is 8.78 Å². The summed E-state index contributed by atoms with van der Waals surface area (Å²) < 4.78 is 27.8. The number of carboxylic acids is 1. The van der Waals surface area contributed by atoms with Crippen molar-refractivity contribution >= 4 is 16.7 Å². The van der Waals surface area contributed by atoms with Crippen molar-refractivity contribution in [1.82, 2.24) is 0 Å². The van der Waals surface area contributed by atoms with Gasteiger partial charge < -0.3 is 5.11 Å². The maximum Gasteiger partial charge on any atom is 0.309 e. The number of aryl methyl sites for hydroxylation is 1. The molecule has 0 aliphatic carbocycles. The molecule has 1 N–H and O–H groups in total. The second-order valence-electron chi connectivity index (χ2n) is 4.25. The molecule has 0 aliphatic rings. The van der Waals surface area contributed by atoms with Crippen LogP contribution in [0.3, 0.4) is 0 Å². The smallest absolute Gasteiger partial charge is 0.309 e. The van der Waals surface area contributed by atoms with Crippen molar-refractivity contribution in [2.24, 2.45) is 0 Å². The molecule has 18 heavy (non-hydrogen) atoms. The molecule has 0 spiro atoms. The maximum absolute atomic E-state index is 13.9. The third kappa shape index (κ3) is 2.18. The van der Waals surface area contributed by atoms with Crippen molar-refractivity contribution in [2.45, 2.75) is 19.3 Å². The normalized spacial score (nSPS) is 11.7. The Balaban J connectivity index is 2.65. The first-order valence-corrected chi connectivity index (χ1v) is 5.50. The van der Waals surface area contributed by atoms with E-state index in [9.17, 15) is 13.6 Å². The Morgan fingerprint density at radius 1 is 1.17 bits per heavy atom. The number of halogens is 2. The fourth-order valence-corrected chi connectivity index (χ4v) is 2.05. The summed E-state index contributed by atoms with van der Waals surface area (Å²) in [6, 6.07) is 9.68. The summed E-state index contributed by atoms with van der Waals surface area (Å²) in [5.74, 6) is -4.87. The number of benzene rings is 2. The predicted molar refractivity (Wildman–Crippen MR) is 64.8 cm³/mol. The first-order chi connectivity index (χ1) is 8.42. The molecule has 0 aromatic heterocycles. The van der Waals surface area contributed by atoms with Gasteiger partial charge in [0.15, 0.2) is 0 Å². The van der Waals surface area contributed by atoms with E-state index >= 15 is 0 Å². The summed E-state index contributed by atoms with van der Waals surface area (Å²) in [6.45, 7) is 1.83. The van der Waals surface area contributed by atoms with Gasteiger partial charge >= 0.3 is 5.97 Å². The SMILES string of the molecule is Cc1ccc(C(F)(F)CC(=O)O)c2ccccc12. The number of aliphatic carboxylic acids is 1. The molecule has 0 unspecified atom stereocenters. The van der Waals surface area contributed by atoms with E-state index in [2.05, 4.69) is 0 Å². The minimum Gasteiger partial charge on any atom is -0.481 e. The van der Waals surface area contributed by atoms with Crippen LogP contribution >= 0.6 is 0 Å². The van der Waals surface area contributed by atoms with Crippen molar-refractivity contribution in [3.8, 4) is 0 Å². The van der Waals surface area contributed by atoms with Gasteiger partial charge in [0.25, 0.3) is 5.92 Å². The average molecular weight is 250 g/mol. The number of carboxylic acid groups (broad SMARTS) is 1. The Morgan fingerprint density at radius 3 is 2.39 bits per heavy atom. The standard InChI is InChI=1S/C14H12F2O2/c1-9-6-7-12(14(15,16)8-13(17)18)11-5-3-2-4-10(9)11/h2-7H,8H2,1H3,(H,17,18). The molecule has 4 heteroatoms. The van der Waals surface area contributed by atoms with Crippen LogP contribution in [-0.4, -0.2) is 11.1 Å². The Morgan fingerprint density at radius 2 is 1.78 bits per heavy atom. The second-order valence-corrected chi connectivity index (χ2v) is 4.25. The fraction of sp³-hybridized carbons (Fsp3) is 0.214. The molecule has 2 nitrogen and oxygen atoms in total. The number of alkyl halides is 2. The van der Waals surface area contributed by atoms with Crippen molar-refractivity contribution in [2.75, 3.05) is 0 Å². The number of fused-ring (bicyclic) bond motifs is 1. The topological polar surface area (TPSA) is 37.3 Å². The molecule has 2 aromatic rings. The van der Waals surface area contributed by atoms with E-state index in [1.165, 1.54) is 6.07 Å². The van der Waals surface area contributed by atoms with Crippen LogP contribution in [0.5, 0.6) is 0 Å². The molecular formula is C14H12F2O2. The zero-order chi connectivity index (χ0) is 13.3. The molecule has 2 aromatic carbocycles. The molecular weight excluding hydrogens is 238 g/mol. The Kier molecular flexibility index (Phi) is 3.03. The molecule has 0 heterocycles. The van der Waals surface area contributed by atoms with Crippen LogP contribution in [0.15, 0.2) is 36.4 Å². The highest BCUT2D eigenvalue weighted by atomic mass is 19.3. The van der Waals surface area contributed by atoms with Crippen LogP contribution in [0.2, 0.25) is 0 Å². The highest BCUT2D eigenvalue weighted by Gasteiger charge is 2.36. The van der Waals surface area contributed by atoms with Crippen LogP contribution in [0, 0.1) is 6.92 Å². The van der Waals surface area contributed by atoms with E-state index in [1.54, 1.807) is 30.3 Å². The minimum atomic E-state index is -3.36. The summed E-state index contributed by atoms with van der Waals surface area (Å²) in [5, 5.41) is 9.69. The van der Waals surface area contributed by atoms with Crippen LogP contribution in [-0.2, 0) is 10.7 Å². The molecule has 94 valence electrons. The lowest BCUT2D eigenvalue weighted by Gasteiger charge is -2.17. The Labute approximate surface area is 103 Å². The summed E-state index contributed by atoms with van der Waals surface area (Å²) in [4.78, 5) is 10.5. The number of rotatable bonds is 3. The first-order valence-electron chi connectivity index (χ1n) is 5.50. The van der Waals surface area contributed by atoms with Gasteiger partial charge in [-0.2, -0.15) is 0 Å². The lowest BCUT2D eigenvalue weighted by Crippen LogP contribution is -2.19. The van der Waals surface area contributed by atoms with Gasteiger partial charge in [0.05, 0.1) is 0 Å². The van der Waals surface area contributed by atoms with Gasteiger partial charge in [-0.15, -0.1) is 0 Å². The van der Waals surface area contributed by atoms with Gasteiger partial charge in [-0.3, -0.25) is 4.79 Å². The van der Waals surface area contributed by atoms with E-state index in [0.717, 1.165) is 10.9 Å². The Bertz CT molecular complexity index is 606. The van der Waals surface area contributed by atoms with Crippen molar-refractivity contribution < 1.29 is 18.7 Å². The van der Waals surface area contributed by atoms with Crippen molar-refractivity contribution in [1.29, 1.82) is 0 Å². The molecule has 0 bridgehead atoms. The fourth-order valence-electron chi connectivity index (χ4n) is 2.05. The van der Waals surface area contributed by atoms with E-state index in [1.807, 2.05) is 6.92 Å². The van der Waals surface area contributed by atoms with E-state index in [4.69, 9.17) is 5.11 Å². The van der Waals surface area contributed by atoms with Gasteiger partial charge in [-0.1, -0.05) is 36.4 Å². The zero-order valence-corrected chi connectivity index (χ0v) is 9.78. The summed E-state index contributed by atoms with van der Waals surface area (Å²) in [7, 11) is 0. The van der Waals surface area contributed by atoms with Gasteiger partial charge in [-0.25, -0.2) is 8.78 Å².